The van der Waals surface area contributed by atoms with E-state index < -0.39 is 10.0 Å². The first-order valence-electron chi connectivity index (χ1n) is 8.53. The Kier molecular flexibility index (Phi) is 7.47. The number of rotatable bonds is 8. The van der Waals surface area contributed by atoms with Crippen molar-refractivity contribution in [1.82, 2.24) is 4.31 Å². The molecule has 1 aromatic carbocycles. The summed E-state index contributed by atoms with van der Waals surface area (Å²) in [7, 11) is -3.34. The normalized spacial score (nSPS) is 15.1. The minimum absolute atomic E-state index is 0.110. The van der Waals surface area contributed by atoms with Crippen molar-refractivity contribution in [3.05, 3.63) is 40.9 Å². The van der Waals surface area contributed by atoms with Crippen LogP contribution in [-0.2, 0) is 14.8 Å². The summed E-state index contributed by atoms with van der Waals surface area (Å²) in [5.74, 6) is -0.229. The van der Waals surface area contributed by atoms with Crippen LogP contribution in [0.1, 0.15) is 38.5 Å². The van der Waals surface area contributed by atoms with Gasteiger partial charge >= 0.3 is 0 Å². The molecule has 0 fully saturated rings. The first kappa shape index (κ1) is 19.9. The summed E-state index contributed by atoms with van der Waals surface area (Å²) in [5, 5.41) is 3.28. The molecule has 1 aliphatic rings. The van der Waals surface area contributed by atoms with Crippen LogP contribution < -0.4 is 5.32 Å². The van der Waals surface area contributed by atoms with Crippen molar-refractivity contribution in [3.8, 4) is 0 Å². The SMILES string of the molecule is CS(=O)(=O)N(CCC(=O)Nc1cccc(Cl)c1)CCC1=CCCCC1. The molecule has 138 valence electrons. The molecular formula is C18H25ClN2O3S. The van der Waals surface area contributed by atoms with Gasteiger partial charge < -0.3 is 5.32 Å². The number of sulfonamides is 1. The van der Waals surface area contributed by atoms with Crippen LogP contribution in [0.3, 0.4) is 0 Å². The van der Waals surface area contributed by atoms with Gasteiger partial charge in [0.25, 0.3) is 0 Å². The predicted octanol–water partition coefficient (Wildman–Crippen LogP) is 3.82. The van der Waals surface area contributed by atoms with E-state index in [1.54, 1.807) is 24.3 Å². The summed E-state index contributed by atoms with van der Waals surface area (Å²) in [5.41, 5.74) is 1.93. The lowest BCUT2D eigenvalue weighted by Gasteiger charge is -2.21. The van der Waals surface area contributed by atoms with Crippen LogP contribution in [-0.4, -0.2) is 38.0 Å². The highest BCUT2D eigenvalue weighted by atomic mass is 35.5. The van der Waals surface area contributed by atoms with E-state index >= 15 is 0 Å². The molecule has 0 unspecified atom stereocenters. The van der Waals surface area contributed by atoms with Crippen LogP contribution in [0.4, 0.5) is 5.69 Å². The quantitative estimate of drug-likeness (QED) is 0.693. The van der Waals surface area contributed by atoms with E-state index in [2.05, 4.69) is 11.4 Å². The zero-order chi connectivity index (χ0) is 18.3. The molecule has 1 amide bonds. The fourth-order valence-corrected chi connectivity index (χ4v) is 3.90. The van der Waals surface area contributed by atoms with Crippen LogP contribution in [0.15, 0.2) is 35.9 Å². The monoisotopic (exact) mass is 384 g/mol. The minimum atomic E-state index is -3.34. The second-order valence-corrected chi connectivity index (χ2v) is 8.75. The van der Waals surface area contributed by atoms with Crippen molar-refractivity contribution in [1.29, 1.82) is 0 Å². The van der Waals surface area contributed by atoms with Gasteiger partial charge in [0.05, 0.1) is 6.26 Å². The Labute approximate surface area is 155 Å². The Morgan fingerprint density at radius 2 is 2.08 bits per heavy atom. The van der Waals surface area contributed by atoms with Gasteiger partial charge in [0.15, 0.2) is 0 Å². The molecule has 25 heavy (non-hydrogen) atoms. The number of nitrogens with zero attached hydrogens (tertiary/aromatic N) is 1. The van der Waals surface area contributed by atoms with Crippen LogP contribution in [0, 0.1) is 0 Å². The van der Waals surface area contributed by atoms with E-state index in [0.29, 0.717) is 17.3 Å². The third-order valence-electron chi connectivity index (χ3n) is 4.23. The highest BCUT2D eigenvalue weighted by Gasteiger charge is 2.18. The summed E-state index contributed by atoms with van der Waals surface area (Å²) >= 11 is 5.89. The van der Waals surface area contributed by atoms with Crippen LogP contribution in [0.2, 0.25) is 5.02 Å². The molecule has 0 radical (unpaired) electrons. The molecule has 7 heteroatoms. The molecule has 1 N–H and O–H groups in total. The standard InChI is InChI=1S/C18H25ClN2O3S/c1-25(23,24)21(12-10-15-6-3-2-4-7-15)13-11-18(22)20-17-9-5-8-16(19)14-17/h5-6,8-9,14H,2-4,7,10-13H2,1H3,(H,20,22). The van der Waals surface area contributed by atoms with Crippen molar-refractivity contribution in [3.63, 3.8) is 0 Å². The first-order chi connectivity index (χ1) is 11.8. The van der Waals surface area contributed by atoms with E-state index in [-0.39, 0.29) is 18.9 Å². The summed E-state index contributed by atoms with van der Waals surface area (Å²) in [4.78, 5) is 12.1. The third-order valence-corrected chi connectivity index (χ3v) is 5.77. The average Bonchev–Trinajstić information content (AvgIpc) is 2.54. The van der Waals surface area contributed by atoms with Crippen LogP contribution in [0.25, 0.3) is 0 Å². The summed E-state index contributed by atoms with van der Waals surface area (Å²) in [6, 6.07) is 6.87. The van der Waals surface area contributed by atoms with E-state index in [4.69, 9.17) is 11.6 Å². The van der Waals surface area contributed by atoms with Gasteiger partial charge in [-0.05, 0) is 50.3 Å². The predicted molar refractivity (Wildman–Crippen MR) is 102 cm³/mol. The molecular weight excluding hydrogens is 360 g/mol. The van der Waals surface area contributed by atoms with Gasteiger partial charge in [0.1, 0.15) is 0 Å². The summed E-state index contributed by atoms with van der Waals surface area (Å²) in [6.07, 6.45) is 8.77. The number of nitrogens with one attached hydrogen (secondary N) is 1. The molecule has 1 aromatic rings. The lowest BCUT2D eigenvalue weighted by molar-refractivity contribution is -0.116. The fourth-order valence-electron chi connectivity index (χ4n) is 2.86. The Hall–Kier alpha value is -1.37. The second kappa shape index (κ2) is 9.36. The molecule has 0 heterocycles. The Morgan fingerprint density at radius 3 is 2.72 bits per heavy atom. The number of allylic oxidation sites excluding steroid dienone is 1. The Morgan fingerprint density at radius 1 is 1.28 bits per heavy atom. The smallest absolute Gasteiger partial charge is 0.225 e. The van der Waals surface area contributed by atoms with Gasteiger partial charge in [-0.15, -0.1) is 0 Å². The molecule has 0 atom stereocenters. The van der Waals surface area contributed by atoms with E-state index in [1.807, 2.05) is 0 Å². The van der Waals surface area contributed by atoms with Crippen LogP contribution in [0.5, 0.6) is 0 Å². The lowest BCUT2D eigenvalue weighted by Crippen LogP contribution is -2.34. The minimum Gasteiger partial charge on any atom is -0.326 e. The average molecular weight is 385 g/mol. The largest absolute Gasteiger partial charge is 0.326 e. The van der Waals surface area contributed by atoms with Gasteiger partial charge in [0.2, 0.25) is 15.9 Å². The van der Waals surface area contributed by atoms with Gasteiger partial charge in [-0.3, -0.25) is 4.79 Å². The molecule has 0 saturated carbocycles. The number of halogens is 1. The maximum atomic E-state index is 12.1. The maximum absolute atomic E-state index is 12.1. The molecule has 2 rings (SSSR count). The van der Waals surface area contributed by atoms with E-state index in [0.717, 1.165) is 19.3 Å². The van der Waals surface area contributed by atoms with Crippen molar-refractivity contribution < 1.29 is 13.2 Å². The fraction of sp³-hybridized carbons (Fsp3) is 0.500. The Bertz CT molecular complexity index is 732. The van der Waals surface area contributed by atoms with Crippen molar-refractivity contribution >= 4 is 33.2 Å². The highest BCUT2D eigenvalue weighted by Crippen LogP contribution is 2.21. The first-order valence-corrected chi connectivity index (χ1v) is 10.8. The number of carbonyl (C=O) groups is 1. The molecule has 0 saturated heterocycles. The third kappa shape index (κ3) is 7.18. The van der Waals surface area contributed by atoms with Crippen molar-refractivity contribution in [2.45, 2.75) is 38.5 Å². The summed E-state index contributed by atoms with van der Waals surface area (Å²) < 4.78 is 25.3. The lowest BCUT2D eigenvalue weighted by atomic mass is 9.97. The van der Waals surface area contributed by atoms with E-state index in [9.17, 15) is 13.2 Å². The molecule has 5 nitrogen and oxygen atoms in total. The molecule has 0 spiro atoms. The zero-order valence-corrected chi connectivity index (χ0v) is 16.1. The van der Waals surface area contributed by atoms with Gasteiger partial charge in [-0.2, -0.15) is 0 Å². The number of carbonyl (C=O) groups excluding carboxylic acids is 1. The van der Waals surface area contributed by atoms with Gasteiger partial charge in [0, 0.05) is 30.2 Å². The molecule has 0 aliphatic heterocycles. The van der Waals surface area contributed by atoms with E-state index in [1.165, 1.54) is 29.0 Å². The maximum Gasteiger partial charge on any atom is 0.225 e. The topological polar surface area (TPSA) is 66.5 Å². The van der Waals surface area contributed by atoms with Crippen molar-refractivity contribution in [2.75, 3.05) is 24.7 Å². The van der Waals surface area contributed by atoms with Crippen LogP contribution >= 0.6 is 11.6 Å². The van der Waals surface area contributed by atoms with Gasteiger partial charge in [-0.25, -0.2) is 12.7 Å². The number of benzene rings is 1. The number of hydrogen-bond acceptors (Lipinski definition) is 3. The summed E-state index contributed by atoms with van der Waals surface area (Å²) in [6.45, 7) is 0.605. The zero-order valence-electron chi connectivity index (χ0n) is 14.5. The van der Waals surface area contributed by atoms with Crippen molar-refractivity contribution in [2.24, 2.45) is 0 Å². The van der Waals surface area contributed by atoms with Gasteiger partial charge in [-0.1, -0.05) is 29.3 Å². The number of anilines is 1. The number of hydrogen-bond donors (Lipinski definition) is 1. The molecule has 0 aromatic heterocycles. The molecule has 1 aliphatic carbocycles. The molecule has 0 bridgehead atoms. The Balaban J connectivity index is 1.86. The number of amides is 1. The highest BCUT2D eigenvalue weighted by molar-refractivity contribution is 7.88. The second-order valence-electron chi connectivity index (χ2n) is 6.33.